The van der Waals surface area contributed by atoms with Gasteiger partial charge in [-0.25, -0.2) is 9.78 Å². The van der Waals surface area contributed by atoms with Crippen molar-refractivity contribution in [2.24, 2.45) is 0 Å². The van der Waals surface area contributed by atoms with E-state index in [0.29, 0.717) is 0 Å². The van der Waals surface area contributed by atoms with Gasteiger partial charge in [0.05, 0.1) is 5.65 Å². The molecular weight excluding hydrogens is 556 g/mol. The minimum Gasteiger partial charge on any atom is -0.477 e. The molecule has 1 N–H and O–H groups in total. The number of aromatic carboxylic acids is 1. The van der Waals surface area contributed by atoms with E-state index in [2.05, 4.69) is 63.7 Å². The Labute approximate surface area is 187 Å². The predicted molar refractivity (Wildman–Crippen MR) is 113 cm³/mol. The molecular formula is C23H19IrN4O2-. The molecule has 0 unspecified atom stereocenters. The number of carbonyl (C=O) groups is 1. The molecule has 1 radical (unpaired) electrons. The Morgan fingerprint density at radius 2 is 1.63 bits per heavy atom. The quantitative estimate of drug-likeness (QED) is 0.335. The molecule has 0 aliphatic rings. The van der Waals surface area contributed by atoms with Crippen LogP contribution in [0.1, 0.15) is 21.6 Å². The van der Waals surface area contributed by atoms with Gasteiger partial charge in [0.25, 0.3) is 0 Å². The largest absolute Gasteiger partial charge is 0.477 e. The summed E-state index contributed by atoms with van der Waals surface area (Å²) in [6.45, 7) is 4.20. The standard InChI is InChI=1S/C17H14N3.C6H5NO2.Ir/c1-11-10-19-16(12(11)2)20-15-8-4-3-6-13(15)14-7-5-9-18-17(14)20;8-6(9)5-3-1-2-4-7-5;/h3-10H,1-2H3;1-4H,(H,8,9);/q-1;;. The first kappa shape index (κ1) is 21.4. The molecule has 0 aliphatic carbocycles. The van der Waals surface area contributed by atoms with Crippen molar-refractivity contribution in [1.82, 2.24) is 19.5 Å². The summed E-state index contributed by atoms with van der Waals surface area (Å²) in [5.74, 6) is -0.0111. The molecule has 0 spiro atoms. The maximum Gasteiger partial charge on any atom is 0.354 e. The van der Waals surface area contributed by atoms with Crippen molar-refractivity contribution in [2.75, 3.05) is 0 Å². The van der Waals surface area contributed by atoms with E-state index in [0.717, 1.165) is 17.0 Å². The fourth-order valence-electron chi connectivity index (χ4n) is 3.25. The van der Waals surface area contributed by atoms with Crippen molar-refractivity contribution < 1.29 is 30.0 Å². The third kappa shape index (κ3) is 3.90. The van der Waals surface area contributed by atoms with Crippen molar-refractivity contribution in [1.29, 1.82) is 0 Å². The summed E-state index contributed by atoms with van der Waals surface area (Å²) in [5.41, 5.74) is 4.62. The monoisotopic (exact) mass is 576 g/mol. The zero-order valence-corrected chi connectivity index (χ0v) is 18.8. The molecule has 0 aliphatic heterocycles. The van der Waals surface area contributed by atoms with Crippen LogP contribution in [0.25, 0.3) is 27.8 Å². The smallest absolute Gasteiger partial charge is 0.354 e. The van der Waals surface area contributed by atoms with E-state index in [1.807, 2.05) is 18.5 Å². The van der Waals surface area contributed by atoms with Gasteiger partial charge in [0.15, 0.2) is 0 Å². The number of fused-ring (bicyclic) bond motifs is 3. The van der Waals surface area contributed by atoms with Gasteiger partial charge in [-0.05, 0) is 54.3 Å². The maximum absolute atomic E-state index is 10.1. The number of para-hydroxylation sites is 1. The first-order valence-corrected chi connectivity index (χ1v) is 9.15. The normalized spacial score (nSPS) is 10.3. The van der Waals surface area contributed by atoms with Crippen LogP contribution in [0.5, 0.6) is 0 Å². The van der Waals surface area contributed by atoms with Crippen molar-refractivity contribution in [3.05, 3.63) is 90.0 Å². The SMILES string of the molecule is Cc1c[n-]c(-n2c3ccccc3c3cccnc32)c1C.O=C(O)c1ccccn1.[Ir]. The number of carboxylic acid groups (broad SMARTS) is 1. The number of hydrogen-bond acceptors (Lipinski definition) is 3. The van der Waals surface area contributed by atoms with Crippen LogP contribution in [-0.2, 0) is 20.1 Å². The summed E-state index contributed by atoms with van der Waals surface area (Å²) in [6.07, 6.45) is 5.21. The Morgan fingerprint density at radius 3 is 2.27 bits per heavy atom. The fourth-order valence-corrected chi connectivity index (χ4v) is 3.25. The first-order valence-electron chi connectivity index (χ1n) is 9.15. The molecule has 5 aromatic rings. The predicted octanol–water partition coefficient (Wildman–Crippen LogP) is 4.53. The molecule has 0 saturated carbocycles. The van der Waals surface area contributed by atoms with E-state index < -0.39 is 5.97 Å². The number of aryl methyl sites for hydroxylation is 1. The average Bonchev–Trinajstić information content (AvgIpc) is 3.26. The van der Waals surface area contributed by atoms with Crippen LogP contribution >= 0.6 is 0 Å². The van der Waals surface area contributed by atoms with E-state index in [1.165, 1.54) is 34.2 Å². The number of carboxylic acids is 1. The second-order valence-corrected chi connectivity index (χ2v) is 6.64. The van der Waals surface area contributed by atoms with Crippen LogP contribution in [0.3, 0.4) is 0 Å². The number of nitrogens with zero attached hydrogens (tertiary/aromatic N) is 4. The zero-order chi connectivity index (χ0) is 20.4. The van der Waals surface area contributed by atoms with E-state index in [4.69, 9.17) is 5.11 Å². The molecule has 30 heavy (non-hydrogen) atoms. The van der Waals surface area contributed by atoms with Gasteiger partial charge in [-0.2, -0.15) is 0 Å². The molecule has 153 valence electrons. The molecule has 6 nitrogen and oxygen atoms in total. The van der Waals surface area contributed by atoms with Crippen LogP contribution in [-0.4, -0.2) is 25.6 Å². The Morgan fingerprint density at radius 1 is 0.933 bits per heavy atom. The van der Waals surface area contributed by atoms with Crippen molar-refractivity contribution in [2.45, 2.75) is 13.8 Å². The van der Waals surface area contributed by atoms with Crippen LogP contribution in [0.15, 0.2) is 73.2 Å². The first-order chi connectivity index (χ1) is 14.1. The second-order valence-electron chi connectivity index (χ2n) is 6.64. The van der Waals surface area contributed by atoms with Crippen LogP contribution < -0.4 is 4.98 Å². The number of hydrogen-bond donors (Lipinski definition) is 1. The summed E-state index contributed by atoms with van der Waals surface area (Å²) < 4.78 is 2.16. The van der Waals surface area contributed by atoms with Gasteiger partial charge in [0, 0.05) is 37.9 Å². The molecule has 0 saturated heterocycles. The van der Waals surface area contributed by atoms with Gasteiger partial charge in [0.1, 0.15) is 5.69 Å². The fraction of sp³-hybridized carbons (Fsp3) is 0.0870. The maximum atomic E-state index is 10.1. The van der Waals surface area contributed by atoms with E-state index in [1.54, 1.807) is 12.1 Å². The Hall–Kier alpha value is -3.28. The number of rotatable bonds is 2. The van der Waals surface area contributed by atoms with E-state index in [9.17, 15) is 4.79 Å². The summed E-state index contributed by atoms with van der Waals surface area (Å²) in [7, 11) is 0. The Kier molecular flexibility index (Phi) is 6.45. The van der Waals surface area contributed by atoms with Crippen molar-refractivity contribution in [3.63, 3.8) is 0 Å². The van der Waals surface area contributed by atoms with E-state index >= 15 is 0 Å². The minimum atomic E-state index is -0.990. The summed E-state index contributed by atoms with van der Waals surface area (Å²) in [6, 6.07) is 17.2. The summed E-state index contributed by atoms with van der Waals surface area (Å²) in [4.78, 5) is 22.9. The molecule has 7 heteroatoms. The van der Waals surface area contributed by atoms with Gasteiger partial charge in [-0.3, -0.25) is 4.98 Å². The second kappa shape index (κ2) is 9.03. The molecule has 0 bridgehead atoms. The third-order valence-corrected chi connectivity index (χ3v) is 4.84. The molecule has 4 heterocycles. The number of pyridine rings is 2. The molecule has 0 amide bonds. The molecule has 1 aromatic carbocycles. The van der Waals surface area contributed by atoms with Gasteiger partial charge in [-0.15, -0.1) is 0 Å². The van der Waals surface area contributed by atoms with Crippen LogP contribution in [0.2, 0.25) is 0 Å². The van der Waals surface area contributed by atoms with Crippen molar-refractivity contribution in [3.8, 4) is 5.82 Å². The van der Waals surface area contributed by atoms with Gasteiger partial charge in [-0.1, -0.05) is 48.2 Å². The molecule has 0 fully saturated rings. The average molecular weight is 576 g/mol. The zero-order valence-electron chi connectivity index (χ0n) is 16.4. The molecule has 4 aromatic heterocycles. The Bertz CT molecular complexity index is 1260. The molecule has 5 rings (SSSR count). The summed E-state index contributed by atoms with van der Waals surface area (Å²) in [5, 5.41) is 10.7. The number of aromatic nitrogens is 4. The van der Waals surface area contributed by atoms with Gasteiger partial charge >= 0.3 is 5.97 Å². The number of benzene rings is 1. The van der Waals surface area contributed by atoms with Gasteiger partial charge < -0.3 is 14.7 Å². The topological polar surface area (TPSA) is 82.1 Å². The van der Waals surface area contributed by atoms with Gasteiger partial charge in [0.2, 0.25) is 0 Å². The van der Waals surface area contributed by atoms with Crippen LogP contribution in [0.4, 0.5) is 0 Å². The minimum absolute atomic E-state index is 0. The van der Waals surface area contributed by atoms with Crippen molar-refractivity contribution >= 4 is 27.9 Å². The van der Waals surface area contributed by atoms with E-state index in [-0.39, 0.29) is 25.8 Å². The van der Waals surface area contributed by atoms with Crippen LogP contribution in [0, 0.1) is 13.8 Å². The Balaban J connectivity index is 0.000000218. The third-order valence-electron chi connectivity index (χ3n) is 4.84. The molecule has 0 atom stereocenters. The summed E-state index contributed by atoms with van der Waals surface area (Å²) >= 11 is 0.